The van der Waals surface area contributed by atoms with E-state index in [0.29, 0.717) is 18.8 Å². The molecule has 0 aliphatic carbocycles. The molecule has 1 aromatic carbocycles. The van der Waals surface area contributed by atoms with Gasteiger partial charge in [-0.05, 0) is 38.1 Å². The number of carbonyl (C=O) groups is 2. The number of hydrogen-bond acceptors (Lipinski definition) is 4. The molecule has 0 aromatic heterocycles. The number of amides is 2. The van der Waals surface area contributed by atoms with Crippen molar-refractivity contribution in [3.8, 4) is 0 Å². The molecule has 6 heteroatoms. The smallest absolute Gasteiger partial charge is 0.268 e. The molecule has 6 nitrogen and oxygen atoms in total. The number of carbonyl (C=O) groups excluding carboxylic acids is 2. The minimum absolute atomic E-state index is 0.121. The van der Waals surface area contributed by atoms with Gasteiger partial charge in [0.15, 0.2) is 0 Å². The van der Waals surface area contributed by atoms with Gasteiger partial charge in [0.2, 0.25) is 5.60 Å². The minimum atomic E-state index is -1.94. The van der Waals surface area contributed by atoms with Crippen molar-refractivity contribution in [2.45, 2.75) is 24.9 Å². The molecular formula is C17H23N3O3. The van der Waals surface area contributed by atoms with Crippen molar-refractivity contribution in [3.63, 3.8) is 0 Å². The van der Waals surface area contributed by atoms with Crippen LogP contribution in [0.15, 0.2) is 30.3 Å². The first-order valence-electron chi connectivity index (χ1n) is 8.21. The molecule has 2 heterocycles. The van der Waals surface area contributed by atoms with Crippen molar-refractivity contribution < 1.29 is 14.7 Å². The number of nitrogens with zero attached hydrogens (tertiary/aromatic N) is 2. The summed E-state index contributed by atoms with van der Waals surface area (Å²) in [4.78, 5) is 28.5. The summed E-state index contributed by atoms with van der Waals surface area (Å²) >= 11 is 0. The van der Waals surface area contributed by atoms with Gasteiger partial charge in [-0.1, -0.05) is 18.2 Å². The lowest BCUT2D eigenvalue weighted by molar-refractivity contribution is -0.149. The highest BCUT2D eigenvalue weighted by Gasteiger charge is 2.51. The molecule has 1 aromatic rings. The third-order valence-electron chi connectivity index (χ3n) is 4.65. The van der Waals surface area contributed by atoms with Crippen LogP contribution in [-0.4, -0.2) is 60.1 Å². The Bertz CT molecular complexity index is 572. The van der Waals surface area contributed by atoms with E-state index in [2.05, 4.69) is 10.2 Å². The van der Waals surface area contributed by atoms with Gasteiger partial charge in [-0.2, -0.15) is 0 Å². The van der Waals surface area contributed by atoms with Crippen molar-refractivity contribution in [1.29, 1.82) is 0 Å². The monoisotopic (exact) mass is 317 g/mol. The Kier molecular flexibility index (Phi) is 4.63. The molecule has 0 spiro atoms. The summed E-state index contributed by atoms with van der Waals surface area (Å²) in [7, 11) is 0. The number of rotatable bonds is 5. The van der Waals surface area contributed by atoms with Crippen LogP contribution in [0.1, 0.15) is 19.3 Å². The maximum Gasteiger partial charge on any atom is 0.268 e. The van der Waals surface area contributed by atoms with Crippen LogP contribution in [0.3, 0.4) is 0 Å². The molecule has 0 unspecified atom stereocenters. The van der Waals surface area contributed by atoms with Gasteiger partial charge in [-0.3, -0.25) is 9.59 Å². The summed E-state index contributed by atoms with van der Waals surface area (Å²) < 4.78 is 0. The number of para-hydroxylation sites is 1. The van der Waals surface area contributed by atoms with Gasteiger partial charge in [0, 0.05) is 31.7 Å². The number of hydrogen-bond donors (Lipinski definition) is 2. The molecule has 124 valence electrons. The largest absolute Gasteiger partial charge is 0.372 e. The van der Waals surface area contributed by atoms with Gasteiger partial charge in [-0.15, -0.1) is 0 Å². The SMILES string of the molecule is O=C(NCCN1CCCC1)[C@@]1(O)CCN(c2ccccc2)C1=O. The van der Waals surface area contributed by atoms with Crippen LogP contribution in [0.5, 0.6) is 0 Å². The van der Waals surface area contributed by atoms with E-state index in [1.807, 2.05) is 18.2 Å². The molecule has 2 aliphatic heterocycles. The fourth-order valence-electron chi connectivity index (χ4n) is 3.25. The summed E-state index contributed by atoms with van der Waals surface area (Å²) in [6.45, 7) is 3.68. The van der Waals surface area contributed by atoms with E-state index in [4.69, 9.17) is 0 Å². The highest BCUT2D eigenvalue weighted by molar-refractivity contribution is 6.16. The highest BCUT2D eigenvalue weighted by atomic mass is 16.3. The average Bonchev–Trinajstić information content (AvgIpc) is 3.18. The van der Waals surface area contributed by atoms with Crippen molar-refractivity contribution in [3.05, 3.63) is 30.3 Å². The predicted molar refractivity (Wildman–Crippen MR) is 87.0 cm³/mol. The zero-order chi connectivity index (χ0) is 16.3. The van der Waals surface area contributed by atoms with E-state index in [1.54, 1.807) is 12.1 Å². The van der Waals surface area contributed by atoms with E-state index in [0.717, 1.165) is 19.6 Å². The highest BCUT2D eigenvalue weighted by Crippen LogP contribution is 2.28. The number of benzene rings is 1. The first-order chi connectivity index (χ1) is 11.1. The normalized spacial score (nSPS) is 25.1. The number of likely N-dealkylation sites (tertiary alicyclic amines) is 1. The zero-order valence-corrected chi connectivity index (χ0v) is 13.2. The lowest BCUT2D eigenvalue weighted by Crippen LogP contribution is -2.53. The fourth-order valence-corrected chi connectivity index (χ4v) is 3.25. The van der Waals surface area contributed by atoms with Crippen molar-refractivity contribution >= 4 is 17.5 Å². The van der Waals surface area contributed by atoms with E-state index >= 15 is 0 Å². The van der Waals surface area contributed by atoms with Gasteiger partial charge < -0.3 is 20.2 Å². The lowest BCUT2D eigenvalue weighted by Gasteiger charge is -2.22. The van der Waals surface area contributed by atoms with E-state index < -0.39 is 17.4 Å². The molecule has 0 bridgehead atoms. The van der Waals surface area contributed by atoms with Crippen LogP contribution in [0.25, 0.3) is 0 Å². The molecule has 3 rings (SSSR count). The Morgan fingerprint density at radius 1 is 1.17 bits per heavy atom. The van der Waals surface area contributed by atoms with Crippen molar-refractivity contribution in [1.82, 2.24) is 10.2 Å². The average molecular weight is 317 g/mol. The van der Waals surface area contributed by atoms with E-state index in [-0.39, 0.29) is 6.42 Å². The molecule has 2 aliphatic rings. The second kappa shape index (κ2) is 6.68. The van der Waals surface area contributed by atoms with E-state index in [9.17, 15) is 14.7 Å². The Morgan fingerprint density at radius 3 is 2.57 bits per heavy atom. The standard InChI is InChI=1S/C17H23N3O3/c21-15(18-9-13-19-10-4-5-11-19)17(23)8-12-20(16(17)22)14-6-2-1-3-7-14/h1-3,6-7,23H,4-5,8-13H2,(H,18,21)/t17-/m0/s1. The zero-order valence-electron chi connectivity index (χ0n) is 13.2. The molecular weight excluding hydrogens is 294 g/mol. The summed E-state index contributed by atoms with van der Waals surface area (Å²) in [5.74, 6) is -1.12. The van der Waals surface area contributed by atoms with Crippen LogP contribution < -0.4 is 10.2 Å². The molecule has 0 radical (unpaired) electrons. The topological polar surface area (TPSA) is 72.9 Å². The third kappa shape index (κ3) is 3.23. The van der Waals surface area contributed by atoms with Crippen molar-refractivity contribution in [2.75, 3.05) is 37.6 Å². The molecule has 2 fully saturated rings. The van der Waals surface area contributed by atoms with Gasteiger partial charge >= 0.3 is 0 Å². The van der Waals surface area contributed by atoms with Crippen LogP contribution in [0.4, 0.5) is 5.69 Å². The Hall–Kier alpha value is -1.92. The van der Waals surface area contributed by atoms with Gasteiger partial charge in [0.05, 0.1) is 0 Å². The minimum Gasteiger partial charge on any atom is -0.372 e. The molecule has 23 heavy (non-hydrogen) atoms. The predicted octanol–water partition coefficient (Wildman–Crippen LogP) is 0.366. The Balaban J connectivity index is 1.58. The first kappa shape index (κ1) is 16.0. The van der Waals surface area contributed by atoms with Crippen LogP contribution in [-0.2, 0) is 9.59 Å². The molecule has 2 saturated heterocycles. The van der Waals surface area contributed by atoms with Gasteiger partial charge in [-0.25, -0.2) is 0 Å². The van der Waals surface area contributed by atoms with Gasteiger partial charge in [0.25, 0.3) is 11.8 Å². The van der Waals surface area contributed by atoms with E-state index in [1.165, 1.54) is 17.7 Å². The maximum absolute atomic E-state index is 12.5. The number of nitrogens with one attached hydrogen (secondary N) is 1. The Labute approximate surface area is 136 Å². The number of aliphatic hydroxyl groups is 1. The van der Waals surface area contributed by atoms with Crippen LogP contribution in [0.2, 0.25) is 0 Å². The fraction of sp³-hybridized carbons (Fsp3) is 0.529. The van der Waals surface area contributed by atoms with Crippen LogP contribution in [0, 0.1) is 0 Å². The third-order valence-corrected chi connectivity index (χ3v) is 4.65. The Morgan fingerprint density at radius 2 is 1.87 bits per heavy atom. The van der Waals surface area contributed by atoms with Gasteiger partial charge in [0.1, 0.15) is 0 Å². The van der Waals surface area contributed by atoms with Crippen molar-refractivity contribution in [2.24, 2.45) is 0 Å². The lowest BCUT2D eigenvalue weighted by atomic mass is 10.0. The molecule has 2 N–H and O–H groups in total. The second-order valence-corrected chi connectivity index (χ2v) is 6.21. The summed E-state index contributed by atoms with van der Waals surface area (Å²) in [5.41, 5.74) is -1.24. The molecule has 0 saturated carbocycles. The first-order valence-corrected chi connectivity index (χ1v) is 8.21. The summed E-state index contributed by atoms with van der Waals surface area (Å²) in [5, 5.41) is 13.3. The number of anilines is 1. The summed E-state index contributed by atoms with van der Waals surface area (Å²) in [6, 6.07) is 9.12. The van der Waals surface area contributed by atoms with Crippen LogP contribution >= 0.6 is 0 Å². The quantitative estimate of drug-likeness (QED) is 0.770. The summed E-state index contributed by atoms with van der Waals surface area (Å²) in [6.07, 6.45) is 2.51. The maximum atomic E-state index is 12.5. The second-order valence-electron chi connectivity index (χ2n) is 6.21. The molecule has 1 atom stereocenters. The molecule has 2 amide bonds.